The molecule has 37 heavy (non-hydrogen) atoms. The molecule has 0 spiro atoms. The lowest BCUT2D eigenvalue weighted by Gasteiger charge is -2.08. The van der Waals surface area contributed by atoms with Gasteiger partial charge in [-0.15, -0.1) is 5.10 Å². The Morgan fingerprint density at radius 3 is 2.54 bits per heavy atom. The summed E-state index contributed by atoms with van der Waals surface area (Å²) in [6.45, 7) is 0.347. The molecule has 2 heterocycles. The Hall–Kier alpha value is -5.03. The molecular formula is C25H19ClN8O3. The van der Waals surface area contributed by atoms with Crippen molar-refractivity contribution < 1.29 is 14.2 Å². The average molecular weight is 515 g/mol. The third-order valence-electron chi connectivity index (χ3n) is 5.24. The number of hydrazone groups is 1. The fraction of sp³-hybridized carbons (Fsp3) is 0.0400. The highest BCUT2D eigenvalue weighted by molar-refractivity contribution is 6.31. The van der Waals surface area contributed by atoms with E-state index < -0.39 is 5.91 Å². The molecule has 3 aromatic carbocycles. The molecule has 0 radical (unpaired) electrons. The van der Waals surface area contributed by atoms with E-state index in [-0.39, 0.29) is 17.3 Å². The van der Waals surface area contributed by atoms with E-state index in [9.17, 15) is 4.79 Å². The minimum absolute atomic E-state index is 0.0381. The van der Waals surface area contributed by atoms with Gasteiger partial charge >= 0.3 is 0 Å². The number of amides is 1. The van der Waals surface area contributed by atoms with Crippen molar-refractivity contribution in [2.45, 2.75) is 6.61 Å². The van der Waals surface area contributed by atoms with E-state index in [1.807, 2.05) is 42.5 Å². The van der Waals surface area contributed by atoms with Crippen molar-refractivity contribution in [3.8, 4) is 22.8 Å². The zero-order valence-corrected chi connectivity index (χ0v) is 19.9. The number of carbonyl (C=O) groups is 1. The SMILES string of the molecule is Nc1nonc1-n1nnc(-c2ccccc2)c1C(=O)N/N=C\c1ccc(OCc2ccccc2Cl)cc1. The standard InChI is InChI=1S/C25H19ClN8O3/c26-20-9-5-4-8-18(20)15-36-19-12-10-16(11-13-19)14-28-30-25(35)22-21(17-6-2-1-3-7-17)29-33-34(22)24-23(27)31-37-32-24/h1-14H,15H2,(H2,27,31)(H,30,35)/b28-14-. The number of hydrogen-bond acceptors (Lipinski definition) is 9. The highest BCUT2D eigenvalue weighted by atomic mass is 35.5. The van der Waals surface area contributed by atoms with Crippen molar-refractivity contribution in [3.63, 3.8) is 0 Å². The molecule has 1 amide bonds. The second-order valence-electron chi connectivity index (χ2n) is 7.69. The van der Waals surface area contributed by atoms with E-state index in [0.29, 0.717) is 28.6 Å². The lowest BCUT2D eigenvalue weighted by Crippen LogP contribution is -2.22. The number of aromatic nitrogens is 5. The number of hydrogen-bond donors (Lipinski definition) is 2. The summed E-state index contributed by atoms with van der Waals surface area (Å²) >= 11 is 6.17. The number of rotatable bonds is 8. The molecule has 11 nitrogen and oxygen atoms in total. The lowest BCUT2D eigenvalue weighted by molar-refractivity contribution is 0.0948. The summed E-state index contributed by atoms with van der Waals surface area (Å²) in [6.07, 6.45) is 1.50. The largest absolute Gasteiger partial charge is 0.489 e. The number of nitrogens with one attached hydrogen (secondary N) is 1. The third-order valence-corrected chi connectivity index (χ3v) is 5.61. The zero-order chi connectivity index (χ0) is 25.6. The van der Waals surface area contributed by atoms with Crippen LogP contribution in [0.2, 0.25) is 5.02 Å². The van der Waals surface area contributed by atoms with Crippen molar-refractivity contribution in [2.24, 2.45) is 5.10 Å². The van der Waals surface area contributed by atoms with Gasteiger partial charge in [0, 0.05) is 16.1 Å². The van der Waals surface area contributed by atoms with E-state index in [4.69, 9.17) is 22.1 Å². The Morgan fingerprint density at radius 2 is 1.81 bits per heavy atom. The second kappa shape index (κ2) is 10.7. The fourth-order valence-electron chi connectivity index (χ4n) is 3.41. The molecule has 5 aromatic rings. The van der Waals surface area contributed by atoms with Gasteiger partial charge in [0.1, 0.15) is 18.1 Å². The first kappa shape index (κ1) is 23.7. The van der Waals surface area contributed by atoms with Crippen LogP contribution in [0, 0.1) is 0 Å². The van der Waals surface area contributed by atoms with E-state index in [1.54, 1.807) is 36.4 Å². The number of nitrogen functional groups attached to an aromatic ring is 1. The van der Waals surface area contributed by atoms with Gasteiger partial charge in [0.25, 0.3) is 5.91 Å². The van der Waals surface area contributed by atoms with Gasteiger partial charge in [-0.25, -0.2) is 10.1 Å². The van der Waals surface area contributed by atoms with Crippen LogP contribution < -0.4 is 15.9 Å². The molecule has 0 aliphatic carbocycles. The number of ether oxygens (including phenoxy) is 1. The molecule has 0 saturated carbocycles. The van der Waals surface area contributed by atoms with Crippen LogP contribution in [0.5, 0.6) is 5.75 Å². The molecule has 0 fully saturated rings. The van der Waals surface area contributed by atoms with Crippen LogP contribution in [0.25, 0.3) is 17.1 Å². The Bertz CT molecular complexity index is 1550. The van der Waals surface area contributed by atoms with Crippen molar-refractivity contribution >= 4 is 29.5 Å². The second-order valence-corrected chi connectivity index (χ2v) is 8.09. The van der Waals surface area contributed by atoms with Crippen LogP contribution in [-0.2, 0) is 6.61 Å². The molecule has 0 aliphatic heterocycles. The predicted octanol–water partition coefficient (Wildman–Crippen LogP) is 3.90. The minimum Gasteiger partial charge on any atom is -0.489 e. The van der Waals surface area contributed by atoms with E-state index in [0.717, 1.165) is 15.8 Å². The summed E-state index contributed by atoms with van der Waals surface area (Å²) < 4.78 is 11.6. The van der Waals surface area contributed by atoms with Crippen molar-refractivity contribution in [3.05, 3.63) is 101 Å². The average Bonchev–Trinajstić information content (AvgIpc) is 3.55. The summed E-state index contributed by atoms with van der Waals surface area (Å²) in [4.78, 5) is 13.1. The predicted molar refractivity (Wildman–Crippen MR) is 136 cm³/mol. The summed E-state index contributed by atoms with van der Waals surface area (Å²) in [5.74, 6) is 0.0830. The summed E-state index contributed by atoms with van der Waals surface area (Å²) in [5, 5.41) is 20.2. The molecule has 0 unspecified atom stereocenters. The van der Waals surface area contributed by atoms with Gasteiger partial charge in [-0.3, -0.25) is 4.79 Å². The summed E-state index contributed by atoms with van der Waals surface area (Å²) in [5.41, 5.74) is 11.0. The number of nitrogens with two attached hydrogens (primary N) is 1. The smallest absolute Gasteiger partial charge is 0.292 e. The Morgan fingerprint density at radius 1 is 1.05 bits per heavy atom. The highest BCUT2D eigenvalue weighted by Crippen LogP contribution is 2.24. The van der Waals surface area contributed by atoms with Gasteiger partial charge in [-0.05, 0) is 46.2 Å². The number of halogens is 1. The minimum atomic E-state index is -0.581. The monoisotopic (exact) mass is 514 g/mol. The Kier molecular flexibility index (Phi) is 6.86. The van der Waals surface area contributed by atoms with E-state index in [2.05, 4.69) is 35.8 Å². The molecule has 0 atom stereocenters. The Labute approximate surface area is 215 Å². The van der Waals surface area contributed by atoms with Gasteiger partial charge < -0.3 is 10.5 Å². The van der Waals surface area contributed by atoms with Crippen LogP contribution in [0.4, 0.5) is 5.82 Å². The molecule has 2 aromatic heterocycles. The Balaban J connectivity index is 1.30. The lowest BCUT2D eigenvalue weighted by atomic mass is 10.1. The van der Waals surface area contributed by atoms with E-state index in [1.165, 1.54) is 6.21 Å². The van der Waals surface area contributed by atoms with Crippen molar-refractivity contribution in [1.29, 1.82) is 0 Å². The first-order valence-corrected chi connectivity index (χ1v) is 11.4. The molecular weight excluding hydrogens is 496 g/mol. The van der Waals surface area contributed by atoms with Crippen molar-refractivity contribution in [2.75, 3.05) is 5.73 Å². The molecule has 3 N–H and O–H groups in total. The van der Waals surface area contributed by atoms with Crippen LogP contribution in [-0.4, -0.2) is 37.4 Å². The molecule has 0 aliphatic rings. The maximum Gasteiger partial charge on any atom is 0.292 e. The van der Waals surface area contributed by atoms with Gasteiger partial charge in [0.05, 0.1) is 6.21 Å². The number of benzene rings is 3. The number of carbonyl (C=O) groups excluding carboxylic acids is 1. The molecule has 0 bridgehead atoms. The summed E-state index contributed by atoms with van der Waals surface area (Å²) in [6, 6.07) is 23.8. The first-order valence-electron chi connectivity index (χ1n) is 11.0. The highest BCUT2D eigenvalue weighted by Gasteiger charge is 2.25. The fourth-order valence-corrected chi connectivity index (χ4v) is 3.60. The van der Waals surface area contributed by atoms with Gasteiger partial charge in [-0.2, -0.15) is 9.78 Å². The summed E-state index contributed by atoms with van der Waals surface area (Å²) in [7, 11) is 0. The quantitative estimate of drug-likeness (QED) is 0.234. The van der Waals surface area contributed by atoms with Crippen LogP contribution in [0.3, 0.4) is 0 Å². The molecule has 12 heteroatoms. The molecule has 0 saturated heterocycles. The van der Waals surface area contributed by atoms with Gasteiger partial charge in [0.15, 0.2) is 5.69 Å². The van der Waals surface area contributed by atoms with E-state index >= 15 is 0 Å². The number of anilines is 1. The molecule has 184 valence electrons. The number of nitrogens with zero attached hydrogens (tertiary/aromatic N) is 6. The normalized spacial score (nSPS) is 11.1. The maximum atomic E-state index is 13.1. The van der Waals surface area contributed by atoms with Crippen LogP contribution in [0.15, 0.2) is 88.6 Å². The van der Waals surface area contributed by atoms with Gasteiger partial charge in [-0.1, -0.05) is 65.3 Å². The zero-order valence-electron chi connectivity index (χ0n) is 19.2. The third kappa shape index (κ3) is 5.31. The van der Waals surface area contributed by atoms with Crippen LogP contribution >= 0.6 is 11.6 Å². The topological polar surface area (TPSA) is 146 Å². The van der Waals surface area contributed by atoms with Crippen molar-refractivity contribution in [1.82, 2.24) is 30.7 Å². The molecule has 5 rings (SSSR count). The van der Waals surface area contributed by atoms with Gasteiger partial charge in [0.2, 0.25) is 11.6 Å². The maximum absolute atomic E-state index is 13.1. The first-order chi connectivity index (χ1) is 18.1. The van der Waals surface area contributed by atoms with Crippen LogP contribution in [0.1, 0.15) is 21.6 Å².